The largest absolute Gasteiger partial charge is 0.322 e. The molecule has 7 heteroatoms. The highest BCUT2D eigenvalue weighted by molar-refractivity contribution is 7.98. The number of anilines is 1. The van der Waals surface area contributed by atoms with E-state index in [9.17, 15) is 13.2 Å². The van der Waals surface area contributed by atoms with Crippen molar-refractivity contribution in [3.63, 3.8) is 0 Å². The first-order chi connectivity index (χ1) is 16.0. The number of sulfonamides is 1. The Bertz CT molecular complexity index is 1160. The molecule has 0 unspecified atom stereocenters. The zero-order valence-corrected chi connectivity index (χ0v) is 20.1. The van der Waals surface area contributed by atoms with E-state index < -0.39 is 10.0 Å². The SMILES string of the molecule is O=C(Nc1ccc(CSc2ccccc2)cc1)c1ccc(CS(=O)(=O)N2CCCCC2)cc1. The minimum atomic E-state index is -3.31. The van der Waals surface area contributed by atoms with Gasteiger partial charge in [0.15, 0.2) is 0 Å². The minimum Gasteiger partial charge on any atom is -0.322 e. The summed E-state index contributed by atoms with van der Waals surface area (Å²) in [6.45, 7) is 1.21. The van der Waals surface area contributed by atoms with E-state index >= 15 is 0 Å². The van der Waals surface area contributed by atoms with Crippen LogP contribution in [-0.2, 0) is 21.5 Å². The second-order valence-electron chi connectivity index (χ2n) is 8.17. The molecule has 3 aromatic rings. The molecule has 3 aromatic carbocycles. The van der Waals surface area contributed by atoms with Crippen molar-refractivity contribution in [1.82, 2.24) is 4.31 Å². The van der Waals surface area contributed by atoms with Crippen molar-refractivity contribution in [2.75, 3.05) is 18.4 Å². The summed E-state index contributed by atoms with van der Waals surface area (Å²) in [5.41, 5.74) is 3.10. The molecule has 1 aliphatic heterocycles. The number of carbonyl (C=O) groups excluding carboxylic acids is 1. The molecule has 5 nitrogen and oxygen atoms in total. The molecule has 1 amide bonds. The summed E-state index contributed by atoms with van der Waals surface area (Å²) < 4.78 is 26.8. The molecule has 0 bridgehead atoms. The summed E-state index contributed by atoms with van der Waals surface area (Å²) in [6.07, 6.45) is 2.93. The number of thioether (sulfide) groups is 1. The van der Waals surface area contributed by atoms with Crippen molar-refractivity contribution in [3.05, 3.63) is 95.6 Å². The van der Waals surface area contributed by atoms with Gasteiger partial charge in [-0.05, 0) is 60.4 Å². The van der Waals surface area contributed by atoms with E-state index in [1.165, 1.54) is 10.5 Å². The maximum Gasteiger partial charge on any atom is 0.255 e. The van der Waals surface area contributed by atoms with Gasteiger partial charge in [0.2, 0.25) is 10.0 Å². The van der Waals surface area contributed by atoms with Gasteiger partial charge in [0, 0.05) is 35.0 Å². The summed E-state index contributed by atoms with van der Waals surface area (Å²) in [4.78, 5) is 13.8. The smallest absolute Gasteiger partial charge is 0.255 e. The van der Waals surface area contributed by atoms with Crippen LogP contribution in [0.15, 0.2) is 83.8 Å². The lowest BCUT2D eigenvalue weighted by Crippen LogP contribution is -2.36. The molecule has 1 N–H and O–H groups in total. The van der Waals surface area contributed by atoms with Gasteiger partial charge in [0.05, 0.1) is 5.75 Å². The van der Waals surface area contributed by atoms with Crippen LogP contribution in [0.5, 0.6) is 0 Å². The summed E-state index contributed by atoms with van der Waals surface area (Å²) in [5.74, 6) is 0.615. The quantitative estimate of drug-likeness (QED) is 0.430. The highest BCUT2D eigenvalue weighted by atomic mass is 32.2. The number of hydrogen-bond acceptors (Lipinski definition) is 4. The Morgan fingerprint density at radius 3 is 2.12 bits per heavy atom. The van der Waals surface area contributed by atoms with Crippen LogP contribution in [0.1, 0.15) is 40.7 Å². The van der Waals surface area contributed by atoms with Crippen LogP contribution < -0.4 is 5.32 Å². The van der Waals surface area contributed by atoms with E-state index in [1.54, 1.807) is 40.3 Å². The molecule has 0 spiro atoms. The Morgan fingerprint density at radius 1 is 0.818 bits per heavy atom. The van der Waals surface area contributed by atoms with Crippen LogP contribution in [0.2, 0.25) is 0 Å². The Balaban J connectivity index is 1.31. The van der Waals surface area contributed by atoms with E-state index in [0.717, 1.165) is 30.7 Å². The molecule has 1 fully saturated rings. The molecule has 172 valence electrons. The molecule has 0 aliphatic carbocycles. The van der Waals surface area contributed by atoms with Gasteiger partial charge in [-0.3, -0.25) is 4.79 Å². The third-order valence-electron chi connectivity index (χ3n) is 5.63. The lowest BCUT2D eigenvalue weighted by atomic mass is 10.1. The normalized spacial score (nSPS) is 14.7. The molecule has 33 heavy (non-hydrogen) atoms. The van der Waals surface area contributed by atoms with Crippen LogP contribution in [0, 0.1) is 0 Å². The maximum absolute atomic E-state index is 12.6. The molecule has 4 rings (SSSR count). The first kappa shape index (κ1) is 23.5. The standard InChI is InChI=1S/C26H28N2O3S2/c29-26(27-24-15-11-21(12-16-24)19-32-25-7-3-1-4-8-25)23-13-9-22(10-14-23)20-33(30,31)28-17-5-2-6-18-28/h1,3-4,7-16H,2,5-6,17-20H2,(H,27,29). The van der Waals surface area contributed by atoms with E-state index in [2.05, 4.69) is 17.4 Å². The van der Waals surface area contributed by atoms with E-state index in [4.69, 9.17) is 0 Å². The van der Waals surface area contributed by atoms with Crippen molar-refractivity contribution in [1.29, 1.82) is 0 Å². The average Bonchev–Trinajstić information content (AvgIpc) is 2.85. The van der Waals surface area contributed by atoms with Crippen LogP contribution in [0.25, 0.3) is 0 Å². The Hall–Kier alpha value is -2.61. The van der Waals surface area contributed by atoms with Crippen molar-refractivity contribution < 1.29 is 13.2 Å². The molecule has 0 saturated carbocycles. The molecular formula is C26H28N2O3S2. The zero-order chi connectivity index (χ0) is 23.1. The van der Waals surface area contributed by atoms with Crippen LogP contribution in [0.3, 0.4) is 0 Å². The van der Waals surface area contributed by atoms with Crippen molar-refractivity contribution in [2.24, 2.45) is 0 Å². The molecular weight excluding hydrogens is 452 g/mol. The zero-order valence-electron chi connectivity index (χ0n) is 18.4. The number of benzene rings is 3. The molecule has 1 saturated heterocycles. The van der Waals surface area contributed by atoms with E-state index in [1.807, 2.05) is 42.5 Å². The van der Waals surface area contributed by atoms with Crippen LogP contribution in [-0.4, -0.2) is 31.7 Å². The first-order valence-corrected chi connectivity index (χ1v) is 13.7. The number of rotatable bonds is 8. The van der Waals surface area contributed by atoms with Crippen molar-refractivity contribution in [2.45, 2.75) is 35.7 Å². The third kappa shape index (κ3) is 6.69. The van der Waals surface area contributed by atoms with Gasteiger partial charge in [-0.1, -0.05) is 48.9 Å². The van der Waals surface area contributed by atoms with Gasteiger partial charge in [-0.2, -0.15) is 0 Å². The predicted molar refractivity (Wildman–Crippen MR) is 135 cm³/mol. The van der Waals surface area contributed by atoms with E-state index in [-0.39, 0.29) is 11.7 Å². The number of carbonyl (C=O) groups is 1. The second kappa shape index (κ2) is 11.0. The van der Waals surface area contributed by atoms with Gasteiger partial charge < -0.3 is 5.32 Å². The Kier molecular flexibility index (Phi) is 7.85. The summed E-state index contributed by atoms with van der Waals surface area (Å²) in [6, 6.07) is 24.9. The summed E-state index contributed by atoms with van der Waals surface area (Å²) in [7, 11) is -3.31. The summed E-state index contributed by atoms with van der Waals surface area (Å²) in [5, 5.41) is 2.91. The third-order valence-corrected chi connectivity index (χ3v) is 8.57. The molecule has 0 atom stereocenters. The van der Waals surface area contributed by atoms with Crippen LogP contribution >= 0.6 is 11.8 Å². The Labute approximate surface area is 200 Å². The lowest BCUT2D eigenvalue weighted by molar-refractivity contribution is 0.102. The predicted octanol–water partition coefficient (Wildman–Crippen LogP) is 5.55. The summed E-state index contributed by atoms with van der Waals surface area (Å²) >= 11 is 1.77. The molecule has 1 heterocycles. The van der Waals surface area contributed by atoms with Gasteiger partial charge in [0.25, 0.3) is 5.91 Å². The topological polar surface area (TPSA) is 66.5 Å². The van der Waals surface area contributed by atoms with E-state index in [0.29, 0.717) is 24.2 Å². The maximum atomic E-state index is 12.6. The number of hydrogen-bond donors (Lipinski definition) is 1. The fourth-order valence-electron chi connectivity index (χ4n) is 3.77. The first-order valence-electron chi connectivity index (χ1n) is 11.1. The van der Waals surface area contributed by atoms with Gasteiger partial charge >= 0.3 is 0 Å². The average molecular weight is 481 g/mol. The van der Waals surface area contributed by atoms with Crippen molar-refractivity contribution in [3.8, 4) is 0 Å². The monoisotopic (exact) mass is 480 g/mol. The number of piperidine rings is 1. The minimum absolute atomic E-state index is 0.0304. The fourth-order valence-corrected chi connectivity index (χ4v) is 6.25. The molecule has 0 radical (unpaired) electrons. The highest BCUT2D eigenvalue weighted by Crippen LogP contribution is 2.23. The van der Waals surface area contributed by atoms with Crippen molar-refractivity contribution >= 4 is 33.4 Å². The highest BCUT2D eigenvalue weighted by Gasteiger charge is 2.24. The van der Waals surface area contributed by atoms with Gasteiger partial charge in [0.1, 0.15) is 0 Å². The lowest BCUT2D eigenvalue weighted by Gasteiger charge is -2.25. The number of amides is 1. The van der Waals surface area contributed by atoms with Gasteiger partial charge in [-0.15, -0.1) is 11.8 Å². The number of nitrogens with one attached hydrogen (secondary N) is 1. The second-order valence-corrected chi connectivity index (χ2v) is 11.2. The number of nitrogens with zero attached hydrogens (tertiary/aromatic N) is 1. The Morgan fingerprint density at radius 2 is 1.45 bits per heavy atom. The van der Waals surface area contributed by atoms with Crippen LogP contribution in [0.4, 0.5) is 5.69 Å². The molecule has 0 aromatic heterocycles. The van der Waals surface area contributed by atoms with Gasteiger partial charge in [-0.25, -0.2) is 12.7 Å². The fraction of sp³-hybridized carbons (Fsp3) is 0.269. The molecule has 1 aliphatic rings.